The third-order valence-electron chi connectivity index (χ3n) is 4.44. The first-order chi connectivity index (χ1) is 12.2. The predicted octanol–water partition coefficient (Wildman–Crippen LogP) is 4.32. The van der Waals surface area contributed by atoms with Gasteiger partial charge in [-0.1, -0.05) is 12.1 Å². The van der Waals surface area contributed by atoms with Gasteiger partial charge in [-0.3, -0.25) is 4.79 Å². The number of benzene rings is 2. The fourth-order valence-corrected chi connectivity index (χ4v) is 3.15. The van der Waals surface area contributed by atoms with Gasteiger partial charge in [0.2, 0.25) is 0 Å². The lowest BCUT2D eigenvalue weighted by Gasteiger charge is -2.38. The number of carbonyl (C=O) groups excluding carboxylic acids is 1. The molecule has 1 aliphatic rings. The van der Waals surface area contributed by atoms with Crippen molar-refractivity contribution in [2.45, 2.75) is 51.9 Å². The molecule has 1 heterocycles. The first-order valence-corrected chi connectivity index (χ1v) is 8.76. The van der Waals surface area contributed by atoms with E-state index in [2.05, 4.69) is 5.32 Å². The fraction of sp³-hybridized carbons (Fsp3) is 0.381. The second-order valence-corrected chi connectivity index (χ2v) is 7.38. The fourth-order valence-electron chi connectivity index (χ4n) is 3.15. The molecule has 2 atom stereocenters. The molecule has 0 radical (unpaired) electrons. The molecule has 1 aliphatic heterocycles. The van der Waals surface area contributed by atoms with Crippen LogP contribution in [0.1, 0.15) is 44.4 Å². The quantitative estimate of drug-likeness (QED) is 0.886. The third kappa shape index (κ3) is 4.15. The minimum atomic E-state index is -0.694. The number of halogens is 1. The third-order valence-corrected chi connectivity index (χ3v) is 4.44. The van der Waals surface area contributed by atoms with Crippen molar-refractivity contribution in [2.75, 3.05) is 0 Å². The van der Waals surface area contributed by atoms with Gasteiger partial charge in [-0.25, -0.2) is 4.39 Å². The average molecular weight is 357 g/mol. The molecule has 0 saturated carbocycles. The summed E-state index contributed by atoms with van der Waals surface area (Å²) in [5, 5.41) is 3.06. The Kier molecular flexibility index (Phi) is 4.90. The maximum absolute atomic E-state index is 13.0. The number of rotatable bonds is 4. The summed E-state index contributed by atoms with van der Waals surface area (Å²) in [7, 11) is 0. The van der Waals surface area contributed by atoms with E-state index in [1.165, 1.54) is 24.3 Å². The highest BCUT2D eigenvalue weighted by Crippen LogP contribution is 2.39. The summed E-state index contributed by atoms with van der Waals surface area (Å²) in [6.07, 6.45) is -0.0294. The van der Waals surface area contributed by atoms with Crippen molar-refractivity contribution in [3.8, 4) is 11.5 Å². The van der Waals surface area contributed by atoms with Crippen LogP contribution >= 0.6 is 0 Å². The molecule has 2 aromatic rings. The Hall–Kier alpha value is -2.56. The molecule has 1 N–H and O–H groups in total. The predicted molar refractivity (Wildman–Crippen MR) is 97.9 cm³/mol. The highest BCUT2D eigenvalue weighted by Gasteiger charge is 2.35. The summed E-state index contributed by atoms with van der Waals surface area (Å²) in [4.78, 5) is 12.6. The number of aryl methyl sites for hydroxylation is 1. The molecule has 0 spiro atoms. The lowest BCUT2D eigenvalue weighted by atomic mass is 9.89. The average Bonchev–Trinajstić information content (AvgIpc) is 2.55. The maximum atomic E-state index is 13.0. The second-order valence-electron chi connectivity index (χ2n) is 7.38. The van der Waals surface area contributed by atoms with Gasteiger partial charge < -0.3 is 14.8 Å². The Morgan fingerprint density at radius 1 is 1.27 bits per heavy atom. The second kappa shape index (κ2) is 6.98. The Bertz CT molecular complexity index is 801. The lowest BCUT2D eigenvalue weighted by molar-refractivity contribution is -0.128. The smallest absolute Gasteiger partial charge is 0.261 e. The number of hydrogen-bond donors (Lipinski definition) is 1. The van der Waals surface area contributed by atoms with E-state index >= 15 is 0 Å². The van der Waals surface area contributed by atoms with Crippen LogP contribution < -0.4 is 14.8 Å². The van der Waals surface area contributed by atoms with Gasteiger partial charge in [-0.15, -0.1) is 0 Å². The molecular formula is C21H24FNO3. The molecule has 5 heteroatoms. The number of fused-ring (bicyclic) bond motifs is 1. The number of ether oxygens (including phenoxy) is 2. The van der Waals surface area contributed by atoms with Crippen molar-refractivity contribution in [2.24, 2.45) is 0 Å². The Balaban J connectivity index is 1.73. The van der Waals surface area contributed by atoms with Crippen LogP contribution in [0.4, 0.5) is 4.39 Å². The van der Waals surface area contributed by atoms with Crippen molar-refractivity contribution < 1.29 is 18.7 Å². The standard InChI is InChI=1S/C21H24FNO3/c1-13-5-10-17-18(12-21(3,4)26-19(17)11-13)23-20(24)14(2)25-16-8-6-15(22)7-9-16/h5-11,14,18H,12H2,1-4H3,(H,23,24)/t14-,18-/m0/s1. The summed E-state index contributed by atoms with van der Waals surface area (Å²) in [6.45, 7) is 7.71. The van der Waals surface area contributed by atoms with E-state index < -0.39 is 6.10 Å². The molecular weight excluding hydrogens is 333 g/mol. The Labute approximate surface area is 153 Å². The number of hydrogen-bond acceptors (Lipinski definition) is 3. The molecule has 0 aliphatic carbocycles. The topological polar surface area (TPSA) is 47.6 Å². The van der Waals surface area contributed by atoms with E-state index in [0.29, 0.717) is 12.2 Å². The minimum absolute atomic E-state index is 0.152. The van der Waals surface area contributed by atoms with E-state index in [1.807, 2.05) is 39.0 Å². The van der Waals surface area contributed by atoms with Gasteiger partial charge in [0.05, 0.1) is 6.04 Å². The number of amides is 1. The number of nitrogens with one attached hydrogen (secondary N) is 1. The Morgan fingerprint density at radius 2 is 1.96 bits per heavy atom. The first-order valence-electron chi connectivity index (χ1n) is 8.76. The van der Waals surface area contributed by atoms with E-state index in [4.69, 9.17) is 9.47 Å². The van der Waals surface area contributed by atoms with Crippen molar-refractivity contribution in [3.63, 3.8) is 0 Å². The summed E-state index contributed by atoms with van der Waals surface area (Å²) < 4.78 is 24.7. The van der Waals surface area contributed by atoms with Crippen molar-refractivity contribution in [1.29, 1.82) is 0 Å². The summed E-state index contributed by atoms with van der Waals surface area (Å²) in [6, 6.07) is 11.5. The Morgan fingerprint density at radius 3 is 2.65 bits per heavy atom. The highest BCUT2D eigenvalue weighted by molar-refractivity contribution is 5.81. The SMILES string of the molecule is Cc1ccc2c(c1)OC(C)(C)C[C@@H]2NC(=O)[C@H](C)Oc1ccc(F)cc1. The van der Waals surface area contributed by atoms with Gasteiger partial charge in [0, 0.05) is 12.0 Å². The molecule has 0 saturated heterocycles. The summed E-state index contributed by atoms with van der Waals surface area (Å²) >= 11 is 0. The molecule has 2 aromatic carbocycles. The molecule has 0 bridgehead atoms. The van der Waals surface area contributed by atoms with Gasteiger partial charge in [0.25, 0.3) is 5.91 Å². The largest absolute Gasteiger partial charge is 0.487 e. The molecule has 4 nitrogen and oxygen atoms in total. The van der Waals surface area contributed by atoms with Crippen LogP contribution in [0.5, 0.6) is 11.5 Å². The molecule has 0 aromatic heterocycles. The molecule has 26 heavy (non-hydrogen) atoms. The van der Waals surface area contributed by atoms with Crippen LogP contribution in [0.2, 0.25) is 0 Å². The lowest BCUT2D eigenvalue weighted by Crippen LogP contribution is -2.44. The van der Waals surface area contributed by atoms with Gasteiger partial charge in [-0.2, -0.15) is 0 Å². The van der Waals surface area contributed by atoms with Crippen LogP contribution in [0, 0.1) is 12.7 Å². The van der Waals surface area contributed by atoms with Crippen molar-refractivity contribution in [1.82, 2.24) is 5.32 Å². The van der Waals surface area contributed by atoms with Gasteiger partial charge in [0.1, 0.15) is 22.9 Å². The van der Waals surface area contributed by atoms with Crippen LogP contribution in [0.15, 0.2) is 42.5 Å². The highest BCUT2D eigenvalue weighted by atomic mass is 19.1. The van der Waals surface area contributed by atoms with Crippen molar-refractivity contribution >= 4 is 5.91 Å². The first kappa shape index (κ1) is 18.2. The summed E-state index contributed by atoms with van der Waals surface area (Å²) in [5.41, 5.74) is 1.71. The zero-order valence-corrected chi connectivity index (χ0v) is 15.5. The van der Waals surface area contributed by atoms with E-state index in [1.54, 1.807) is 6.92 Å². The molecule has 138 valence electrons. The van der Waals surface area contributed by atoms with E-state index in [0.717, 1.165) is 16.9 Å². The summed E-state index contributed by atoms with van der Waals surface area (Å²) in [5.74, 6) is 0.699. The van der Waals surface area contributed by atoms with Crippen LogP contribution in [-0.4, -0.2) is 17.6 Å². The van der Waals surface area contributed by atoms with Gasteiger partial charge in [0.15, 0.2) is 6.10 Å². The van der Waals surface area contributed by atoms with Crippen LogP contribution in [0.25, 0.3) is 0 Å². The molecule has 0 unspecified atom stereocenters. The van der Waals surface area contributed by atoms with Crippen molar-refractivity contribution in [3.05, 3.63) is 59.4 Å². The molecule has 1 amide bonds. The molecule has 0 fully saturated rings. The minimum Gasteiger partial charge on any atom is -0.487 e. The van der Waals surface area contributed by atoms with Crippen LogP contribution in [0.3, 0.4) is 0 Å². The van der Waals surface area contributed by atoms with Crippen LogP contribution in [-0.2, 0) is 4.79 Å². The van der Waals surface area contributed by atoms with E-state index in [9.17, 15) is 9.18 Å². The molecule has 3 rings (SSSR count). The zero-order valence-electron chi connectivity index (χ0n) is 15.5. The number of carbonyl (C=O) groups is 1. The van der Waals surface area contributed by atoms with E-state index in [-0.39, 0.29) is 23.4 Å². The monoisotopic (exact) mass is 357 g/mol. The van der Waals surface area contributed by atoms with Gasteiger partial charge >= 0.3 is 0 Å². The zero-order chi connectivity index (χ0) is 18.9. The van der Waals surface area contributed by atoms with Gasteiger partial charge in [-0.05, 0) is 63.6 Å². The maximum Gasteiger partial charge on any atom is 0.261 e. The normalized spacial score (nSPS) is 19.0.